The number of rotatable bonds is 19. The van der Waals surface area contributed by atoms with Crippen molar-refractivity contribution in [2.45, 2.75) is 129 Å². The average molecular weight is 328 g/mol. The van der Waals surface area contributed by atoms with Crippen molar-refractivity contribution in [3.8, 4) is 0 Å². The van der Waals surface area contributed by atoms with Gasteiger partial charge in [-0.05, 0) is 19.3 Å². The summed E-state index contributed by atoms with van der Waals surface area (Å²) in [4.78, 5) is 0. The molecule has 0 aromatic carbocycles. The molecule has 0 radical (unpaired) electrons. The van der Waals surface area contributed by atoms with Crippen molar-refractivity contribution in [2.75, 3.05) is 6.61 Å². The molecule has 0 rings (SSSR count). The van der Waals surface area contributed by atoms with Gasteiger partial charge in [0.15, 0.2) is 0 Å². The Hall–Kier alpha value is -0.0800. The van der Waals surface area contributed by atoms with E-state index in [9.17, 15) is 0 Å². The molecule has 140 valence electrons. The van der Waals surface area contributed by atoms with Crippen molar-refractivity contribution in [1.82, 2.24) is 0 Å². The van der Waals surface area contributed by atoms with Crippen LogP contribution in [-0.2, 0) is 0 Å². The summed E-state index contributed by atoms with van der Waals surface area (Å²) in [5.74, 6) is 0. The monoisotopic (exact) mass is 327 g/mol. The van der Waals surface area contributed by atoms with Crippen LogP contribution in [0.25, 0.3) is 0 Å². The van der Waals surface area contributed by atoms with E-state index in [0.29, 0.717) is 6.04 Å². The summed E-state index contributed by atoms with van der Waals surface area (Å²) in [5.41, 5.74) is 6.00. The van der Waals surface area contributed by atoms with E-state index in [1.54, 1.807) is 0 Å². The maximum absolute atomic E-state index is 8.76. The van der Waals surface area contributed by atoms with Crippen LogP contribution >= 0.6 is 0 Å². The number of aliphatic hydroxyl groups is 1. The van der Waals surface area contributed by atoms with E-state index in [-0.39, 0.29) is 6.61 Å². The van der Waals surface area contributed by atoms with Crippen LogP contribution in [0.4, 0.5) is 0 Å². The Morgan fingerprint density at radius 3 is 1.30 bits per heavy atom. The number of hydrogen-bond donors (Lipinski definition) is 2. The smallest absolute Gasteiger partial charge is 0.0431 e. The van der Waals surface area contributed by atoms with Gasteiger partial charge in [0.2, 0.25) is 0 Å². The molecule has 0 saturated heterocycles. The fourth-order valence-corrected chi connectivity index (χ4v) is 3.28. The number of nitrogens with two attached hydrogens (primary N) is 1. The van der Waals surface area contributed by atoms with Crippen LogP contribution < -0.4 is 5.73 Å². The lowest BCUT2D eigenvalue weighted by Crippen LogP contribution is -2.19. The van der Waals surface area contributed by atoms with Crippen molar-refractivity contribution in [2.24, 2.45) is 5.73 Å². The molecule has 1 unspecified atom stereocenters. The Morgan fingerprint density at radius 2 is 0.913 bits per heavy atom. The zero-order chi connectivity index (χ0) is 17.0. The number of hydrogen-bond acceptors (Lipinski definition) is 2. The SMILES string of the molecule is CCCCCCCCCCCCCCCCCC(N)CCCO. The van der Waals surface area contributed by atoms with Gasteiger partial charge in [-0.1, -0.05) is 103 Å². The predicted molar refractivity (Wildman–Crippen MR) is 104 cm³/mol. The lowest BCUT2D eigenvalue weighted by atomic mass is 10.0. The van der Waals surface area contributed by atoms with Crippen LogP contribution in [0.5, 0.6) is 0 Å². The highest BCUT2D eigenvalue weighted by molar-refractivity contribution is 4.61. The van der Waals surface area contributed by atoms with E-state index < -0.39 is 0 Å². The van der Waals surface area contributed by atoms with Crippen LogP contribution in [0.3, 0.4) is 0 Å². The molecular formula is C21H45NO. The summed E-state index contributed by atoms with van der Waals surface area (Å²) in [6.45, 7) is 2.57. The van der Waals surface area contributed by atoms with E-state index in [1.807, 2.05) is 0 Å². The summed E-state index contributed by atoms with van der Waals surface area (Å²) < 4.78 is 0. The highest BCUT2D eigenvalue weighted by Crippen LogP contribution is 2.14. The third-order valence-corrected chi connectivity index (χ3v) is 4.91. The molecule has 2 nitrogen and oxygen atoms in total. The highest BCUT2D eigenvalue weighted by atomic mass is 16.2. The first kappa shape index (κ1) is 22.9. The Balaban J connectivity index is 3.02. The molecule has 23 heavy (non-hydrogen) atoms. The summed E-state index contributed by atoms with van der Waals surface area (Å²) >= 11 is 0. The van der Waals surface area contributed by atoms with Crippen molar-refractivity contribution < 1.29 is 5.11 Å². The summed E-state index contributed by atoms with van der Waals surface area (Å²) in [7, 11) is 0. The Kier molecular flexibility index (Phi) is 19.9. The maximum atomic E-state index is 8.76. The second-order valence-electron chi connectivity index (χ2n) is 7.36. The van der Waals surface area contributed by atoms with Crippen molar-refractivity contribution in [3.63, 3.8) is 0 Å². The zero-order valence-corrected chi connectivity index (χ0v) is 16.0. The van der Waals surface area contributed by atoms with E-state index in [4.69, 9.17) is 10.8 Å². The summed E-state index contributed by atoms with van der Waals surface area (Å²) in [5, 5.41) is 8.76. The number of aliphatic hydroxyl groups excluding tert-OH is 1. The molecule has 0 aliphatic carbocycles. The molecule has 3 N–H and O–H groups in total. The summed E-state index contributed by atoms with van der Waals surface area (Å²) in [6, 6.07) is 0.309. The van der Waals surface area contributed by atoms with E-state index in [2.05, 4.69) is 6.92 Å². The minimum atomic E-state index is 0.284. The van der Waals surface area contributed by atoms with E-state index in [1.165, 1.54) is 96.3 Å². The average Bonchev–Trinajstić information content (AvgIpc) is 2.56. The summed E-state index contributed by atoms with van der Waals surface area (Å²) in [6.07, 6.45) is 24.2. The van der Waals surface area contributed by atoms with Gasteiger partial charge in [-0.25, -0.2) is 0 Å². The molecule has 2 heteroatoms. The van der Waals surface area contributed by atoms with Gasteiger partial charge < -0.3 is 10.8 Å². The Morgan fingerprint density at radius 1 is 0.565 bits per heavy atom. The molecule has 0 aromatic rings. The lowest BCUT2D eigenvalue weighted by Gasteiger charge is -2.10. The molecule has 0 aliphatic rings. The number of unbranched alkanes of at least 4 members (excludes halogenated alkanes) is 14. The normalized spacial score (nSPS) is 12.7. The van der Waals surface area contributed by atoms with Crippen LogP contribution in [0.2, 0.25) is 0 Å². The molecule has 0 fully saturated rings. The first-order chi connectivity index (χ1) is 11.3. The van der Waals surface area contributed by atoms with Crippen LogP contribution in [0.15, 0.2) is 0 Å². The van der Waals surface area contributed by atoms with Gasteiger partial charge in [-0.2, -0.15) is 0 Å². The van der Waals surface area contributed by atoms with Gasteiger partial charge in [-0.15, -0.1) is 0 Å². The topological polar surface area (TPSA) is 46.2 Å². The van der Waals surface area contributed by atoms with Gasteiger partial charge in [0.05, 0.1) is 0 Å². The van der Waals surface area contributed by atoms with Crippen LogP contribution in [-0.4, -0.2) is 17.8 Å². The third kappa shape index (κ3) is 19.9. The van der Waals surface area contributed by atoms with Crippen molar-refractivity contribution in [3.05, 3.63) is 0 Å². The quantitative estimate of drug-likeness (QED) is 0.272. The Bertz CT molecular complexity index is 208. The van der Waals surface area contributed by atoms with Crippen molar-refractivity contribution >= 4 is 0 Å². The minimum absolute atomic E-state index is 0.284. The molecule has 0 aromatic heterocycles. The van der Waals surface area contributed by atoms with Gasteiger partial charge >= 0.3 is 0 Å². The second kappa shape index (κ2) is 20.0. The van der Waals surface area contributed by atoms with Crippen LogP contribution in [0.1, 0.15) is 122 Å². The molecule has 0 spiro atoms. The predicted octanol–water partition coefficient (Wildman–Crippen LogP) is 6.35. The molecule has 0 bridgehead atoms. The van der Waals surface area contributed by atoms with E-state index in [0.717, 1.165) is 19.3 Å². The lowest BCUT2D eigenvalue weighted by molar-refractivity contribution is 0.278. The minimum Gasteiger partial charge on any atom is -0.396 e. The van der Waals surface area contributed by atoms with Gasteiger partial charge in [0.25, 0.3) is 0 Å². The first-order valence-electron chi connectivity index (χ1n) is 10.7. The van der Waals surface area contributed by atoms with Crippen LogP contribution in [0, 0.1) is 0 Å². The molecule has 0 aliphatic heterocycles. The Labute approximate surface area is 146 Å². The molecule has 0 amide bonds. The molecular weight excluding hydrogens is 282 g/mol. The zero-order valence-electron chi connectivity index (χ0n) is 16.0. The fraction of sp³-hybridized carbons (Fsp3) is 1.00. The van der Waals surface area contributed by atoms with Gasteiger partial charge in [0, 0.05) is 12.6 Å². The molecule has 0 saturated carbocycles. The van der Waals surface area contributed by atoms with Gasteiger partial charge in [0.1, 0.15) is 0 Å². The standard InChI is InChI=1S/C21H45NO/c1-2-3-4-5-6-7-8-9-10-11-12-13-14-15-16-18-21(22)19-17-20-23/h21,23H,2-20,22H2,1H3. The largest absolute Gasteiger partial charge is 0.396 e. The second-order valence-corrected chi connectivity index (χ2v) is 7.36. The maximum Gasteiger partial charge on any atom is 0.0431 e. The molecule has 0 heterocycles. The van der Waals surface area contributed by atoms with Crippen molar-refractivity contribution in [1.29, 1.82) is 0 Å². The highest BCUT2D eigenvalue weighted by Gasteiger charge is 2.01. The van der Waals surface area contributed by atoms with E-state index >= 15 is 0 Å². The first-order valence-corrected chi connectivity index (χ1v) is 10.7. The fourth-order valence-electron chi connectivity index (χ4n) is 3.28. The third-order valence-electron chi connectivity index (χ3n) is 4.91. The molecule has 1 atom stereocenters. The van der Waals surface area contributed by atoms with Gasteiger partial charge in [-0.3, -0.25) is 0 Å².